The maximum atomic E-state index is 12.5. The average molecular weight is 376 g/mol. The molecule has 1 saturated heterocycles. The summed E-state index contributed by atoms with van der Waals surface area (Å²) in [6.07, 6.45) is 4.92. The lowest BCUT2D eigenvalue weighted by Crippen LogP contribution is -2.42. The first-order valence-corrected chi connectivity index (χ1v) is 7.85. The number of nitrogens with zero attached hydrogens (tertiary/aromatic N) is 3. The van der Waals surface area contributed by atoms with E-state index in [2.05, 4.69) is 5.10 Å². The number of hydrogen-bond donors (Lipinski definition) is 1. The van der Waals surface area contributed by atoms with Gasteiger partial charge in [-0.3, -0.25) is 4.79 Å². The van der Waals surface area contributed by atoms with Gasteiger partial charge < -0.3 is 10.6 Å². The van der Waals surface area contributed by atoms with Crippen molar-refractivity contribution in [3.8, 4) is 5.69 Å². The molecule has 1 aromatic heterocycles. The Kier molecular flexibility index (Phi) is 5.92. The van der Waals surface area contributed by atoms with Gasteiger partial charge in [-0.1, -0.05) is 23.2 Å². The van der Waals surface area contributed by atoms with E-state index in [0.717, 1.165) is 12.8 Å². The third kappa shape index (κ3) is 3.98. The monoisotopic (exact) mass is 374 g/mol. The molecule has 1 aromatic carbocycles. The molecule has 124 valence electrons. The normalized spacial score (nSPS) is 15.3. The predicted octanol–water partition coefficient (Wildman–Crippen LogP) is 3.16. The lowest BCUT2D eigenvalue weighted by atomic mass is 10.1. The van der Waals surface area contributed by atoms with Crippen molar-refractivity contribution in [1.82, 2.24) is 14.7 Å². The highest BCUT2D eigenvalue weighted by atomic mass is 35.5. The zero-order valence-corrected chi connectivity index (χ0v) is 14.6. The average Bonchev–Trinajstić information content (AvgIpc) is 2.97. The number of benzene rings is 1. The molecule has 2 N–H and O–H groups in total. The number of amides is 1. The summed E-state index contributed by atoms with van der Waals surface area (Å²) < 4.78 is 1.58. The summed E-state index contributed by atoms with van der Waals surface area (Å²) in [6.45, 7) is 1.37. The number of carbonyl (C=O) groups is 1. The van der Waals surface area contributed by atoms with E-state index in [4.69, 9.17) is 28.9 Å². The fourth-order valence-corrected chi connectivity index (χ4v) is 3.01. The SMILES string of the molecule is Cl.NC1CCN(C(=O)c2cnn(-c3ccc(Cl)cc3Cl)c2)CC1. The van der Waals surface area contributed by atoms with Gasteiger partial charge in [0.15, 0.2) is 0 Å². The second-order valence-electron chi connectivity index (χ2n) is 5.40. The summed E-state index contributed by atoms with van der Waals surface area (Å²) in [7, 11) is 0. The molecule has 0 aliphatic carbocycles. The molecule has 5 nitrogen and oxygen atoms in total. The van der Waals surface area contributed by atoms with Gasteiger partial charge in [-0.05, 0) is 31.0 Å². The van der Waals surface area contributed by atoms with Crippen molar-refractivity contribution < 1.29 is 4.79 Å². The number of halogens is 3. The van der Waals surface area contributed by atoms with Crippen molar-refractivity contribution in [2.75, 3.05) is 13.1 Å². The predicted molar refractivity (Wildman–Crippen MR) is 93.9 cm³/mol. The molecule has 8 heteroatoms. The van der Waals surface area contributed by atoms with Crippen molar-refractivity contribution in [2.24, 2.45) is 5.73 Å². The molecule has 0 radical (unpaired) electrons. The van der Waals surface area contributed by atoms with Crippen molar-refractivity contribution >= 4 is 41.5 Å². The molecule has 0 atom stereocenters. The summed E-state index contributed by atoms with van der Waals surface area (Å²) >= 11 is 12.1. The van der Waals surface area contributed by atoms with Crippen LogP contribution >= 0.6 is 35.6 Å². The van der Waals surface area contributed by atoms with Crippen LogP contribution in [0, 0.1) is 0 Å². The highest BCUT2D eigenvalue weighted by molar-refractivity contribution is 6.35. The molecule has 1 aliphatic rings. The Morgan fingerprint density at radius 1 is 1.26 bits per heavy atom. The molecule has 2 heterocycles. The van der Waals surface area contributed by atoms with Crippen LogP contribution in [0.5, 0.6) is 0 Å². The Morgan fingerprint density at radius 2 is 1.96 bits per heavy atom. The van der Waals surface area contributed by atoms with Crippen LogP contribution < -0.4 is 5.73 Å². The van der Waals surface area contributed by atoms with Gasteiger partial charge in [0.25, 0.3) is 5.91 Å². The topological polar surface area (TPSA) is 64.2 Å². The number of aromatic nitrogens is 2. The quantitative estimate of drug-likeness (QED) is 0.877. The van der Waals surface area contributed by atoms with Crippen LogP contribution in [0.4, 0.5) is 0 Å². The maximum Gasteiger partial charge on any atom is 0.257 e. The molecule has 0 spiro atoms. The van der Waals surface area contributed by atoms with Gasteiger partial charge in [-0.2, -0.15) is 5.10 Å². The first-order valence-electron chi connectivity index (χ1n) is 7.09. The summed E-state index contributed by atoms with van der Waals surface area (Å²) in [5.74, 6) is -0.0248. The van der Waals surface area contributed by atoms with Crippen LogP contribution in [-0.2, 0) is 0 Å². The third-order valence-corrected chi connectivity index (χ3v) is 4.35. The maximum absolute atomic E-state index is 12.5. The second kappa shape index (κ2) is 7.53. The van der Waals surface area contributed by atoms with Gasteiger partial charge in [0.05, 0.1) is 22.5 Å². The molecule has 23 heavy (non-hydrogen) atoms. The Labute approximate surface area is 150 Å². The number of rotatable bonds is 2. The molecule has 1 fully saturated rings. The molecule has 0 bridgehead atoms. The van der Waals surface area contributed by atoms with E-state index in [0.29, 0.717) is 34.4 Å². The van der Waals surface area contributed by atoms with Crippen molar-refractivity contribution in [3.63, 3.8) is 0 Å². The van der Waals surface area contributed by atoms with Gasteiger partial charge in [0.1, 0.15) is 0 Å². The van der Waals surface area contributed by atoms with Gasteiger partial charge in [-0.15, -0.1) is 12.4 Å². The number of nitrogens with two attached hydrogens (primary N) is 1. The van der Waals surface area contributed by atoms with Crippen LogP contribution in [0.15, 0.2) is 30.6 Å². The molecule has 0 unspecified atom stereocenters. The van der Waals surface area contributed by atoms with Crippen LogP contribution in [-0.4, -0.2) is 39.7 Å². The minimum Gasteiger partial charge on any atom is -0.338 e. The molecular weight excluding hydrogens is 359 g/mol. The van der Waals surface area contributed by atoms with Crippen molar-refractivity contribution in [1.29, 1.82) is 0 Å². The Balaban J connectivity index is 0.00000192. The van der Waals surface area contributed by atoms with Gasteiger partial charge in [-0.25, -0.2) is 4.68 Å². The largest absolute Gasteiger partial charge is 0.338 e. The van der Waals surface area contributed by atoms with Gasteiger partial charge in [0, 0.05) is 30.4 Å². The summed E-state index contributed by atoms with van der Waals surface area (Å²) in [5.41, 5.74) is 7.09. The van der Waals surface area contributed by atoms with Crippen LogP contribution in [0.2, 0.25) is 10.0 Å². The molecule has 1 aliphatic heterocycles. The summed E-state index contributed by atoms with van der Waals surface area (Å²) in [5, 5.41) is 5.27. The number of hydrogen-bond acceptors (Lipinski definition) is 3. The Bertz CT molecular complexity index is 696. The van der Waals surface area contributed by atoms with E-state index in [9.17, 15) is 4.79 Å². The minimum atomic E-state index is -0.0248. The number of piperidine rings is 1. The molecule has 1 amide bonds. The second-order valence-corrected chi connectivity index (χ2v) is 6.24. The van der Waals surface area contributed by atoms with E-state index in [-0.39, 0.29) is 24.4 Å². The third-order valence-electron chi connectivity index (χ3n) is 3.81. The van der Waals surface area contributed by atoms with E-state index in [1.807, 2.05) is 4.90 Å². The summed E-state index contributed by atoms with van der Waals surface area (Å²) in [6, 6.07) is 5.34. The highest BCUT2D eigenvalue weighted by Gasteiger charge is 2.22. The van der Waals surface area contributed by atoms with Crippen molar-refractivity contribution in [3.05, 3.63) is 46.2 Å². The number of likely N-dealkylation sites (tertiary alicyclic amines) is 1. The fraction of sp³-hybridized carbons (Fsp3) is 0.333. The van der Waals surface area contributed by atoms with E-state index >= 15 is 0 Å². The van der Waals surface area contributed by atoms with Crippen LogP contribution in [0.25, 0.3) is 5.69 Å². The van der Waals surface area contributed by atoms with E-state index in [1.165, 1.54) is 0 Å². The van der Waals surface area contributed by atoms with Crippen LogP contribution in [0.1, 0.15) is 23.2 Å². The first-order chi connectivity index (χ1) is 10.5. The highest BCUT2D eigenvalue weighted by Crippen LogP contribution is 2.24. The lowest BCUT2D eigenvalue weighted by Gasteiger charge is -2.29. The summed E-state index contributed by atoms with van der Waals surface area (Å²) in [4.78, 5) is 14.3. The Morgan fingerprint density at radius 3 is 2.61 bits per heavy atom. The molecular formula is C15H17Cl3N4O. The van der Waals surface area contributed by atoms with E-state index in [1.54, 1.807) is 35.3 Å². The standard InChI is InChI=1S/C15H16Cl2N4O.ClH/c16-11-1-2-14(13(17)7-11)21-9-10(8-19-21)15(22)20-5-3-12(18)4-6-20;/h1-2,7-9,12H,3-6,18H2;1H. The van der Waals surface area contributed by atoms with Gasteiger partial charge in [0.2, 0.25) is 0 Å². The zero-order valence-electron chi connectivity index (χ0n) is 12.3. The first kappa shape index (κ1) is 18.1. The van der Waals surface area contributed by atoms with Crippen molar-refractivity contribution in [2.45, 2.75) is 18.9 Å². The molecule has 3 rings (SSSR count). The minimum absolute atomic E-state index is 0. The number of carbonyl (C=O) groups excluding carboxylic acids is 1. The van der Waals surface area contributed by atoms with Crippen LogP contribution in [0.3, 0.4) is 0 Å². The molecule has 0 saturated carbocycles. The molecule has 2 aromatic rings. The van der Waals surface area contributed by atoms with E-state index < -0.39 is 0 Å². The smallest absolute Gasteiger partial charge is 0.257 e. The lowest BCUT2D eigenvalue weighted by molar-refractivity contribution is 0.0715. The zero-order chi connectivity index (χ0) is 15.7. The van der Waals surface area contributed by atoms with Gasteiger partial charge >= 0.3 is 0 Å². The fourth-order valence-electron chi connectivity index (χ4n) is 2.52. The Hall–Kier alpha value is -1.27.